The third-order valence-corrected chi connectivity index (χ3v) is 5.58. The van der Waals surface area contributed by atoms with Gasteiger partial charge >= 0.3 is 6.03 Å². The molecule has 2 aromatic rings. The SMILES string of the molecule is CC(C)(CNC(=O)N1CCC(Cc2ccccc2)CC1)c1ccc(F)cc1. The number of nitrogens with zero attached hydrogens (tertiary/aromatic N) is 1. The number of halogens is 1. The number of benzene rings is 2. The van der Waals surface area contributed by atoms with E-state index in [-0.39, 0.29) is 17.3 Å². The highest BCUT2D eigenvalue weighted by atomic mass is 19.1. The molecule has 1 N–H and O–H groups in total. The Kier molecular flexibility index (Phi) is 6.15. The molecule has 0 unspecified atom stereocenters. The molecule has 1 saturated heterocycles. The number of hydrogen-bond donors (Lipinski definition) is 1. The zero-order chi connectivity index (χ0) is 19.3. The van der Waals surface area contributed by atoms with Crippen molar-refractivity contribution in [2.75, 3.05) is 19.6 Å². The fraction of sp³-hybridized carbons (Fsp3) is 0.435. The molecule has 1 heterocycles. The maximum Gasteiger partial charge on any atom is 0.317 e. The van der Waals surface area contributed by atoms with Crippen LogP contribution in [0.15, 0.2) is 54.6 Å². The van der Waals surface area contributed by atoms with Gasteiger partial charge in [0.2, 0.25) is 0 Å². The minimum Gasteiger partial charge on any atom is -0.337 e. The van der Waals surface area contributed by atoms with Gasteiger partial charge in [0.25, 0.3) is 0 Å². The van der Waals surface area contributed by atoms with Crippen LogP contribution in [0.3, 0.4) is 0 Å². The highest BCUT2D eigenvalue weighted by Crippen LogP contribution is 2.24. The Balaban J connectivity index is 1.46. The maximum absolute atomic E-state index is 13.1. The van der Waals surface area contributed by atoms with Crippen molar-refractivity contribution in [1.82, 2.24) is 10.2 Å². The summed E-state index contributed by atoms with van der Waals surface area (Å²) in [4.78, 5) is 14.5. The number of piperidine rings is 1. The smallest absolute Gasteiger partial charge is 0.317 e. The first-order valence-corrected chi connectivity index (χ1v) is 9.77. The summed E-state index contributed by atoms with van der Waals surface area (Å²) in [6, 6.07) is 17.1. The third kappa shape index (κ3) is 5.31. The molecule has 2 aromatic carbocycles. The largest absolute Gasteiger partial charge is 0.337 e. The Hall–Kier alpha value is -2.36. The normalized spacial score (nSPS) is 15.6. The van der Waals surface area contributed by atoms with Gasteiger partial charge in [0.15, 0.2) is 0 Å². The van der Waals surface area contributed by atoms with Crippen LogP contribution in [0.2, 0.25) is 0 Å². The van der Waals surface area contributed by atoms with Gasteiger partial charge in [-0.3, -0.25) is 0 Å². The molecule has 3 rings (SSSR count). The van der Waals surface area contributed by atoms with Gasteiger partial charge in [0, 0.05) is 25.0 Å². The summed E-state index contributed by atoms with van der Waals surface area (Å²) in [5.74, 6) is 0.407. The molecule has 1 aliphatic rings. The van der Waals surface area contributed by atoms with Gasteiger partial charge in [-0.1, -0.05) is 56.3 Å². The number of urea groups is 1. The molecule has 0 atom stereocenters. The molecular formula is C23H29FN2O. The molecule has 0 spiro atoms. The molecular weight excluding hydrogens is 339 g/mol. The van der Waals surface area contributed by atoms with Crippen LogP contribution < -0.4 is 5.32 Å². The molecule has 1 fully saturated rings. The fourth-order valence-electron chi connectivity index (χ4n) is 3.70. The van der Waals surface area contributed by atoms with Gasteiger partial charge in [-0.05, 0) is 48.4 Å². The van der Waals surface area contributed by atoms with Gasteiger partial charge in [-0.25, -0.2) is 9.18 Å². The van der Waals surface area contributed by atoms with Crippen molar-refractivity contribution in [2.45, 2.75) is 38.5 Å². The van der Waals surface area contributed by atoms with Crippen LogP contribution in [-0.2, 0) is 11.8 Å². The summed E-state index contributed by atoms with van der Waals surface area (Å²) in [5, 5.41) is 3.06. The van der Waals surface area contributed by atoms with Crippen molar-refractivity contribution in [3.63, 3.8) is 0 Å². The first kappa shape index (κ1) is 19.4. The van der Waals surface area contributed by atoms with Crippen LogP contribution in [0.4, 0.5) is 9.18 Å². The zero-order valence-electron chi connectivity index (χ0n) is 16.2. The number of rotatable bonds is 5. The highest BCUT2D eigenvalue weighted by Gasteiger charge is 2.26. The highest BCUT2D eigenvalue weighted by molar-refractivity contribution is 5.74. The van der Waals surface area contributed by atoms with Crippen LogP contribution in [0, 0.1) is 11.7 Å². The van der Waals surface area contributed by atoms with Crippen LogP contribution in [-0.4, -0.2) is 30.6 Å². The number of likely N-dealkylation sites (tertiary alicyclic amines) is 1. The Bertz CT molecular complexity index is 735. The van der Waals surface area contributed by atoms with E-state index in [1.165, 1.54) is 17.7 Å². The van der Waals surface area contributed by atoms with Crippen LogP contribution in [0.25, 0.3) is 0 Å². The Morgan fingerprint density at radius 1 is 1.07 bits per heavy atom. The van der Waals surface area contributed by atoms with Crippen LogP contribution >= 0.6 is 0 Å². The summed E-state index contributed by atoms with van der Waals surface area (Å²) in [5.41, 5.74) is 2.15. The number of carbonyl (C=O) groups excluding carboxylic acids is 1. The molecule has 2 amide bonds. The fourth-order valence-corrected chi connectivity index (χ4v) is 3.70. The monoisotopic (exact) mass is 368 g/mol. The molecule has 0 bridgehead atoms. The van der Waals surface area contributed by atoms with Crippen molar-refractivity contribution in [2.24, 2.45) is 5.92 Å². The standard InChI is InChI=1S/C23H29FN2O/c1-23(2,20-8-10-21(24)11-9-20)17-25-22(27)26-14-12-19(13-15-26)16-18-6-4-3-5-7-18/h3-11,19H,12-17H2,1-2H3,(H,25,27). The number of amides is 2. The van der Waals surface area contributed by atoms with Crippen LogP contribution in [0.1, 0.15) is 37.8 Å². The van der Waals surface area contributed by atoms with Crippen molar-refractivity contribution < 1.29 is 9.18 Å². The van der Waals surface area contributed by atoms with Crippen LogP contribution in [0.5, 0.6) is 0 Å². The summed E-state index contributed by atoms with van der Waals surface area (Å²) in [6.45, 7) is 6.27. The van der Waals surface area contributed by atoms with Crippen molar-refractivity contribution in [3.8, 4) is 0 Å². The second kappa shape index (κ2) is 8.55. The van der Waals surface area contributed by atoms with Crippen molar-refractivity contribution in [1.29, 1.82) is 0 Å². The second-order valence-corrected chi connectivity index (χ2v) is 8.17. The maximum atomic E-state index is 13.1. The Labute approximate surface area is 161 Å². The van der Waals surface area contributed by atoms with Gasteiger partial charge < -0.3 is 10.2 Å². The lowest BCUT2D eigenvalue weighted by atomic mass is 9.84. The van der Waals surface area contributed by atoms with E-state index in [4.69, 9.17) is 0 Å². The van der Waals surface area contributed by atoms with E-state index in [1.54, 1.807) is 12.1 Å². The Morgan fingerprint density at radius 3 is 2.33 bits per heavy atom. The lowest BCUT2D eigenvalue weighted by molar-refractivity contribution is 0.168. The molecule has 144 valence electrons. The molecule has 0 radical (unpaired) electrons. The third-order valence-electron chi connectivity index (χ3n) is 5.58. The quantitative estimate of drug-likeness (QED) is 0.810. The molecule has 3 nitrogen and oxygen atoms in total. The van der Waals surface area contributed by atoms with Crippen molar-refractivity contribution >= 4 is 6.03 Å². The van der Waals surface area contributed by atoms with Crippen molar-refractivity contribution in [3.05, 3.63) is 71.5 Å². The van der Waals surface area contributed by atoms with E-state index in [0.717, 1.165) is 37.9 Å². The summed E-state index contributed by atoms with van der Waals surface area (Å²) < 4.78 is 13.1. The molecule has 27 heavy (non-hydrogen) atoms. The first-order chi connectivity index (χ1) is 12.9. The summed E-state index contributed by atoms with van der Waals surface area (Å²) in [6.07, 6.45) is 3.18. The zero-order valence-corrected chi connectivity index (χ0v) is 16.2. The predicted molar refractivity (Wildman–Crippen MR) is 107 cm³/mol. The van der Waals surface area contributed by atoms with Gasteiger partial charge in [0.1, 0.15) is 5.82 Å². The van der Waals surface area contributed by atoms with E-state index in [9.17, 15) is 9.18 Å². The summed E-state index contributed by atoms with van der Waals surface area (Å²) >= 11 is 0. The minimum atomic E-state index is -0.241. The second-order valence-electron chi connectivity index (χ2n) is 8.17. The number of nitrogens with one attached hydrogen (secondary N) is 1. The predicted octanol–water partition coefficient (Wildman–Crippen LogP) is 4.77. The van der Waals surface area contributed by atoms with Gasteiger partial charge in [0.05, 0.1) is 0 Å². The lowest BCUT2D eigenvalue weighted by Gasteiger charge is -2.33. The van der Waals surface area contributed by atoms with E-state index in [1.807, 2.05) is 11.0 Å². The molecule has 0 aliphatic carbocycles. The minimum absolute atomic E-state index is 0.00310. The van der Waals surface area contributed by atoms with E-state index < -0.39 is 0 Å². The number of hydrogen-bond acceptors (Lipinski definition) is 1. The number of carbonyl (C=O) groups is 1. The molecule has 0 aromatic heterocycles. The van der Waals surface area contributed by atoms with E-state index >= 15 is 0 Å². The first-order valence-electron chi connectivity index (χ1n) is 9.77. The van der Waals surface area contributed by atoms with Gasteiger partial charge in [-0.15, -0.1) is 0 Å². The topological polar surface area (TPSA) is 32.3 Å². The average Bonchev–Trinajstić information content (AvgIpc) is 2.68. The van der Waals surface area contributed by atoms with E-state index in [0.29, 0.717) is 12.5 Å². The molecule has 0 saturated carbocycles. The molecule has 1 aliphatic heterocycles. The Morgan fingerprint density at radius 2 is 1.70 bits per heavy atom. The lowest BCUT2D eigenvalue weighted by Crippen LogP contribution is -2.47. The summed E-state index contributed by atoms with van der Waals surface area (Å²) in [7, 11) is 0. The van der Waals surface area contributed by atoms with Gasteiger partial charge in [-0.2, -0.15) is 0 Å². The van der Waals surface area contributed by atoms with E-state index in [2.05, 4.69) is 43.4 Å². The molecule has 4 heteroatoms. The average molecular weight is 368 g/mol.